The van der Waals surface area contributed by atoms with E-state index in [1.54, 1.807) is 12.1 Å². The van der Waals surface area contributed by atoms with Gasteiger partial charge in [-0.3, -0.25) is 0 Å². The number of anilines is 1. The molecule has 0 aromatic heterocycles. The molecular formula is C16H26N2O2S. The first-order valence-corrected chi connectivity index (χ1v) is 9.38. The van der Waals surface area contributed by atoms with E-state index in [2.05, 4.69) is 17.0 Å². The Morgan fingerprint density at radius 2 is 1.90 bits per heavy atom. The lowest BCUT2D eigenvalue weighted by Gasteiger charge is -2.21. The predicted molar refractivity (Wildman–Crippen MR) is 87.0 cm³/mol. The summed E-state index contributed by atoms with van der Waals surface area (Å²) in [5, 5.41) is 3.19. The molecule has 1 aliphatic carbocycles. The lowest BCUT2D eigenvalue weighted by Crippen LogP contribution is -2.37. The Bertz CT molecular complexity index is 551. The molecule has 0 amide bonds. The highest BCUT2D eigenvalue weighted by Crippen LogP contribution is 2.29. The first-order valence-electron chi connectivity index (χ1n) is 7.90. The zero-order chi connectivity index (χ0) is 15.3. The molecule has 4 nitrogen and oxygen atoms in total. The van der Waals surface area contributed by atoms with Crippen molar-refractivity contribution in [3.63, 3.8) is 0 Å². The number of rotatable bonds is 7. The fraction of sp³-hybridized carbons (Fsp3) is 0.625. The van der Waals surface area contributed by atoms with Crippen LogP contribution in [0.2, 0.25) is 0 Å². The molecule has 1 fully saturated rings. The molecular weight excluding hydrogens is 284 g/mol. The molecule has 0 radical (unpaired) electrons. The molecule has 0 spiro atoms. The fourth-order valence-electron chi connectivity index (χ4n) is 2.97. The molecule has 1 saturated carbocycles. The molecule has 5 heteroatoms. The Morgan fingerprint density at radius 1 is 1.24 bits per heavy atom. The SMILES string of the molecule is CCCNc1ccccc1S(=O)(=O)NC(C)C1CCCC1. The highest BCUT2D eigenvalue weighted by atomic mass is 32.2. The van der Waals surface area contributed by atoms with Crippen LogP contribution < -0.4 is 10.0 Å². The van der Waals surface area contributed by atoms with Crippen molar-refractivity contribution < 1.29 is 8.42 Å². The maximum absolute atomic E-state index is 12.6. The summed E-state index contributed by atoms with van der Waals surface area (Å²) < 4.78 is 28.1. The van der Waals surface area contributed by atoms with Crippen molar-refractivity contribution >= 4 is 15.7 Å². The zero-order valence-electron chi connectivity index (χ0n) is 12.9. The molecule has 1 aliphatic rings. The van der Waals surface area contributed by atoms with Crippen molar-refractivity contribution in [1.82, 2.24) is 4.72 Å². The molecule has 0 saturated heterocycles. The monoisotopic (exact) mass is 310 g/mol. The topological polar surface area (TPSA) is 58.2 Å². The highest BCUT2D eigenvalue weighted by Gasteiger charge is 2.27. The lowest BCUT2D eigenvalue weighted by molar-refractivity contribution is 0.424. The van der Waals surface area contributed by atoms with Crippen molar-refractivity contribution in [3.8, 4) is 0 Å². The molecule has 0 bridgehead atoms. The number of nitrogens with one attached hydrogen (secondary N) is 2. The van der Waals surface area contributed by atoms with Gasteiger partial charge in [0.1, 0.15) is 4.90 Å². The summed E-state index contributed by atoms with van der Waals surface area (Å²) in [6.07, 6.45) is 5.63. The molecule has 1 aromatic carbocycles. The second-order valence-corrected chi connectivity index (χ2v) is 7.56. The third-order valence-corrected chi connectivity index (χ3v) is 5.81. The average Bonchev–Trinajstić information content (AvgIpc) is 2.99. The second kappa shape index (κ2) is 7.27. The summed E-state index contributed by atoms with van der Waals surface area (Å²) in [5.74, 6) is 0.468. The predicted octanol–water partition coefficient (Wildman–Crippen LogP) is 3.37. The average molecular weight is 310 g/mol. The molecule has 1 aromatic rings. The van der Waals surface area contributed by atoms with Crippen molar-refractivity contribution in [2.75, 3.05) is 11.9 Å². The van der Waals surface area contributed by atoms with Gasteiger partial charge in [-0.1, -0.05) is 31.9 Å². The lowest BCUT2D eigenvalue weighted by atomic mass is 10.0. The van der Waals surface area contributed by atoms with Gasteiger partial charge in [0.05, 0.1) is 5.69 Å². The minimum absolute atomic E-state index is 0.00303. The molecule has 0 aliphatic heterocycles. The van der Waals surface area contributed by atoms with Crippen molar-refractivity contribution in [2.45, 2.75) is 56.9 Å². The molecule has 1 atom stereocenters. The van der Waals surface area contributed by atoms with Gasteiger partial charge in [-0.2, -0.15) is 0 Å². The van der Waals surface area contributed by atoms with Gasteiger partial charge in [0, 0.05) is 12.6 Å². The summed E-state index contributed by atoms with van der Waals surface area (Å²) in [4.78, 5) is 0.350. The quantitative estimate of drug-likeness (QED) is 0.812. The highest BCUT2D eigenvalue weighted by molar-refractivity contribution is 7.89. The van der Waals surface area contributed by atoms with Crippen LogP contribution in [0.4, 0.5) is 5.69 Å². The van der Waals surface area contributed by atoms with Gasteiger partial charge in [-0.15, -0.1) is 0 Å². The minimum Gasteiger partial charge on any atom is -0.384 e. The van der Waals surface area contributed by atoms with Crippen LogP contribution in [-0.2, 0) is 10.0 Å². The van der Waals surface area contributed by atoms with E-state index in [-0.39, 0.29) is 6.04 Å². The normalized spacial score (nSPS) is 17.8. The number of benzene rings is 1. The zero-order valence-corrected chi connectivity index (χ0v) is 13.7. The Labute approximate surface area is 128 Å². The Hall–Kier alpha value is -1.07. The maximum atomic E-state index is 12.6. The largest absolute Gasteiger partial charge is 0.384 e. The van der Waals surface area contributed by atoms with Gasteiger partial charge in [-0.25, -0.2) is 13.1 Å². The number of hydrogen-bond donors (Lipinski definition) is 2. The van der Waals surface area contributed by atoms with Crippen molar-refractivity contribution in [2.24, 2.45) is 5.92 Å². The number of para-hydroxylation sites is 1. The minimum atomic E-state index is -3.47. The van der Waals surface area contributed by atoms with Crippen LogP contribution in [0.5, 0.6) is 0 Å². The summed E-state index contributed by atoms with van der Waals surface area (Å²) in [5.41, 5.74) is 0.686. The van der Waals surface area contributed by atoms with Crippen LogP contribution in [0.25, 0.3) is 0 Å². The molecule has 118 valence electrons. The Morgan fingerprint density at radius 3 is 2.57 bits per heavy atom. The van der Waals surface area contributed by atoms with Gasteiger partial charge in [0.25, 0.3) is 0 Å². The number of hydrogen-bond acceptors (Lipinski definition) is 3. The second-order valence-electron chi connectivity index (χ2n) is 5.88. The molecule has 1 unspecified atom stereocenters. The van der Waals surface area contributed by atoms with E-state index in [1.165, 1.54) is 12.8 Å². The first kappa shape index (κ1) is 16.3. The summed E-state index contributed by atoms with van der Waals surface area (Å²) >= 11 is 0. The van der Waals surface area contributed by atoms with Gasteiger partial charge >= 0.3 is 0 Å². The summed E-state index contributed by atoms with van der Waals surface area (Å²) in [7, 11) is -3.47. The van der Waals surface area contributed by atoms with Gasteiger partial charge in [0.2, 0.25) is 10.0 Å². The molecule has 2 N–H and O–H groups in total. The van der Waals surface area contributed by atoms with Crippen LogP contribution in [0, 0.1) is 5.92 Å². The standard InChI is InChI=1S/C16H26N2O2S/c1-3-12-17-15-10-6-7-11-16(15)21(19,20)18-13(2)14-8-4-5-9-14/h6-7,10-11,13-14,17-18H,3-5,8-9,12H2,1-2H3. The van der Waals surface area contributed by atoms with Crippen LogP contribution in [-0.4, -0.2) is 21.0 Å². The van der Waals surface area contributed by atoms with E-state index >= 15 is 0 Å². The van der Waals surface area contributed by atoms with E-state index in [0.29, 0.717) is 16.5 Å². The first-order chi connectivity index (χ1) is 10.0. The van der Waals surface area contributed by atoms with E-state index in [9.17, 15) is 8.42 Å². The Balaban J connectivity index is 2.14. The van der Waals surface area contributed by atoms with Crippen molar-refractivity contribution in [1.29, 1.82) is 0 Å². The third-order valence-electron chi connectivity index (χ3n) is 4.19. The van der Waals surface area contributed by atoms with Crippen LogP contribution in [0.3, 0.4) is 0 Å². The van der Waals surface area contributed by atoms with Gasteiger partial charge in [0.15, 0.2) is 0 Å². The summed E-state index contributed by atoms with van der Waals surface area (Å²) in [6.45, 7) is 4.81. The fourth-order valence-corrected chi connectivity index (χ4v) is 4.46. The van der Waals surface area contributed by atoms with E-state index < -0.39 is 10.0 Å². The Kier molecular flexibility index (Phi) is 5.65. The summed E-state index contributed by atoms with van der Waals surface area (Å²) in [6, 6.07) is 7.12. The van der Waals surface area contributed by atoms with E-state index in [0.717, 1.165) is 25.8 Å². The number of sulfonamides is 1. The van der Waals surface area contributed by atoms with E-state index in [4.69, 9.17) is 0 Å². The van der Waals surface area contributed by atoms with Gasteiger partial charge < -0.3 is 5.32 Å². The molecule has 0 heterocycles. The third kappa shape index (κ3) is 4.20. The smallest absolute Gasteiger partial charge is 0.242 e. The maximum Gasteiger partial charge on any atom is 0.242 e. The van der Waals surface area contributed by atoms with Crippen molar-refractivity contribution in [3.05, 3.63) is 24.3 Å². The van der Waals surface area contributed by atoms with E-state index in [1.807, 2.05) is 19.1 Å². The van der Waals surface area contributed by atoms with Crippen LogP contribution in [0.1, 0.15) is 46.0 Å². The van der Waals surface area contributed by atoms with Crippen LogP contribution in [0.15, 0.2) is 29.2 Å². The molecule has 21 heavy (non-hydrogen) atoms. The van der Waals surface area contributed by atoms with Crippen LogP contribution >= 0.6 is 0 Å². The van der Waals surface area contributed by atoms with Gasteiger partial charge in [-0.05, 0) is 44.2 Å². The molecule has 2 rings (SSSR count).